The Morgan fingerprint density at radius 1 is 1.12 bits per heavy atom. The number of nitrogens with two attached hydrogens (primary N) is 1. The number of likely N-dealkylation sites (N-methyl/N-ethyl adjacent to an activating group) is 1. The molecule has 3 unspecified atom stereocenters. The third kappa shape index (κ3) is 4.78. The molecule has 3 atom stereocenters. The number of hydrogen-bond donors (Lipinski definition) is 1. The van der Waals surface area contributed by atoms with E-state index in [-0.39, 0.29) is 0 Å². The fourth-order valence-corrected chi connectivity index (χ4v) is 2.28. The van der Waals surface area contributed by atoms with Gasteiger partial charge in [0.25, 0.3) is 0 Å². The van der Waals surface area contributed by atoms with E-state index < -0.39 is 0 Å². The molecule has 0 aliphatic rings. The van der Waals surface area contributed by atoms with Crippen LogP contribution in [0.25, 0.3) is 0 Å². The fraction of sp³-hybridized carbons (Fsp3) is 1.00. The summed E-state index contributed by atoms with van der Waals surface area (Å²) in [5, 5.41) is 0. The minimum atomic E-state index is 0.357. The van der Waals surface area contributed by atoms with Crippen LogP contribution in [-0.4, -0.2) is 57.5 Å². The lowest BCUT2D eigenvalue weighted by atomic mass is 9.99. The Morgan fingerprint density at radius 2 is 1.69 bits per heavy atom. The van der Waals surface area contributed by atoms with Crippen molar-refractivity contribution in [3.8, 4) is 0 Å². The van der Waals surface area contributed by atoms with Gasteiger partial charge in [-0.1, -0.05) is 13.8 Å². The van der Waals surface area contributed by atoms with Crippen molar-refractivity contribution >= 4 is 0 Å². The molecule has 0 aliphatic carbocycles. The summed E-state index contributed by atoms with van der Waals surface area (Å²) in [5.41, 5.74) is 5.88. The highest BCUT2D eigenvalue weighted by molar-refractivity contribution is 4.81. The van der Waals surface area contributed by atoms with Crippen molar-refractivity contribution in [3.63, 3.8) is 0 Å². The van der Waals surface area contributed by atoms with Crippen LogP contribution in [0, 0.1) is 5.92 Å². The zero-order valence-corrected chi connectivity index (χ0v) is 11.4. The van der Waals surface area contributed by atoms with Crippen molar-refractivity contribution in [1.29, 1.82) is 0 Å². The van der Waals surface area contributed by atoms with E-state index in [9.17, 15) is 0 Å². The topological polar surface area (TPSA) is 47.7 Å². The third-order valence-corrected chi connectivity index (χ3v) is 3.09. The van der Waals surface area contributed by atoms with Crippen molar-refractivity contribution in [2.75, 3.05) is 40.5 Å². The Hall–Kier alpha value is -0.160. The predicted molar refractivity (Wildman–Crippen MR) is 67.6 cm³/mol. The van der Waals surface area contributed by atoms with E-state index in [1.807, 2.05) is 0 Å². The first-order valence-corrected chi connectivity index (χ1v) is 6.05. The van der Waals surface area contributed by atoms with Crippen molar-refractivity contribution in [1.82, 2.24) is 4.90 Å². The van der Waals surface area contributed by atoms with Crippen molar-refractivity contribution in [2.24, 2.45) is 11.7 Å². The third-order valence-electron chi connectivity index (χ3n) is 3.09. The molecule has 0 amide bonds. The van der Waals surface area contributed by atoms with E-state index in [2.05, 4.69) is 25.7 Å². The summed E-state index contributed by atoms with van der Waals surface area (Å²) in [5.74, 6) is 0.439. The van der Waals surface area contributed by atoms with Crippen molar-refractivity contribution < 1.29 is 9.47 Å². The van der Waals surface area contributed by atoms with Crippen LogP contribution in [0.3, 0.4) is 0 Å². The molecule has 0 spiro atoms. The second-order valence-corrected chi connectivity index (χ2v) is 4.37. The van der Waals surface area contributed by atoms with Gasteiger partial charge in [-0.3, -0.25) is 4.90 Å². The highest BCUT2D eigenvalue weighted by atomic mass is 16.5. The van der Waals surface area contributed by atoms with Crippen LogP contribution in [0.5, 0.6) is 0 Å². The molecule has 0 bridgehead atoms. The van der Waals surface area contributed by atoms with Crippen LogP contribution < -0.4 is 5.73 Å². The predicted octanol–water partition coefficient (Wildman–Crippen LogP) is 0.953. The molecule has 0 rings (SSSR count). The molecular formula is C12H28N2O2. The average Bonchev–Trinajstić information content (AvgIpc) is 2.25. The van der Waals surface area contributed by atoms with Crippen LogP contribution in [0.15, 0.2) is 0 Å². The van der Waals surface area contributed by atoms with E-state index in [1.54, 1.807) is 14.2 Å². The van der Waals surface area contributed by atoms with E-state index in [1.165, 1.54) is 0 Å². The molecule has 0 aromatic rings. The summed E-state index contributed by atoms with van der Waals surface area (Å²) in [4.78, 5) is 2.40. The Kier molecular flexibility index (Phi) is 8.84. The Bertz CT molecular complexity index is 149. The Balaban J connectivity index is 4.47. The molecule has 0 aromatic heterocycles. The molecular weight excluding hydrogens is 204 g/mol. The smallest absolute Gasteiger partial charge is 0.0615 e. The highest BCUT2D eigenvalue weighted by Gasteiger charge is 2.25. The van der Waals surface area contributed by atoms with Crippen LogP contribution in [0.4, 0.5) is 0 Å². The largest absolute Gasteiger partial charge is 0.384 e. The molecule has 0 aromatic carbocycles. The number of nitrogens with zero attached hydrogens (tertiary/aromatic N) is 1. The van der Waals surface area contributed by atoms with Crippen molar-refractivity contribution in [3.05, 3.63) is 0 Å². The van der Waals surface area contributed by atoms with Gasteiger partial charge in [-0.2, -0.15) is 0 Å². The van der Waals surface area contributed by atoms with E-state index in [0.717, 1.165) is 19.8 Å². The second kappa shape index (κ2) is 8.93. The minimum absolute atomic E-state index is 0.357. The molecule has 0 aliphatic heterocycles. The molecule has 0 saturated heterocycles. The summed E-state index contributed by atoms with van der Waals surface area (Å²) in [7, 11) is 3.47. The van der Waals surface area contributed by atoms with Gasteiger partial charge in [0.05, 0.1) is 13.2 Å². The Morgan fingerprint density at radius 3 is 2.06 bits per heavy atom. The van der Waals surface area contributed by atoms with E-state index in [4.69, 9.17) is 15.2 Å². The number of methoxy groups -OCH3 is 2. The van der Waals surface area contributed by atoms with Gasteiger partial charge in [0.1, 0.15) is 0 Å². The van der Waals surface area contributed by atoms with E-state index in [0.29, 0.717) is 24.5 Å². The van der Waals surface area contributed by atoms with Gasteiger partial charge in [-0.05, 0) is 19.4 Å². The summed E-state index contributed by atoms with van der Waals surface area (Å²) in [6, 6.07) is 0.748. The maximum atomic E-state index is 5.88. The lowest BCUT2D eigenvalue weighted by molar-refractivity contribution is 0.0352. The first-order valence-electron chi connectivity index (χ1n) is 6.05. The first-order chi connectivity index (χ1) is 7.62. The maximum Gasteiger partial charge on any atom is 0.0615 e. The minimum Gasteiger partial charge on any atom is -0.384 e. The SMILES string of the molecule is CCN(C(C)COC)C(CN)C(C)COC. The molecule has 4 heteroatoms. The molecule has 0 fully saturated rings. The van der Waals surface area contributed by atoms with Crippen LogP contribution in [0.1, 0.15) is 20.8 Å². The van der Waals surface area contributed by atoms with Gasteiger partial charge in [-0.25, -0.2) is 0 Å². The van der Waals surface area contributed by atoms with Gasteiger partial charge in [0.15, 0.2) is 0 Å². The zero-order valence-electron chi connectivity index (χ0n) is 11.4. The quantitative estimate of drug-likeness (QED) is 0.643. The maximum absolute atomic E-state index is 5.88. The molecule has 16 heavy (non-hydrogen) atoms. The average molecular weight is 232 g/mol. The highest BCUT2D eigenvalue weighted by Crippen LogP contribution is 2.14. The lowest BCUT2D eigenvalue weighted by Crippen LogP contribution is -2.51. The van der Waals surface area contributed by atoms with Gasteiger partial charge >= 0.3 is 0 Å². The number of hydrogen-bond acceptors (Lipinski definition) is 4. The molecule has 4 nitrogen and oxygen atoms in total. The fourth-order valence-electron chi connectivity index (χ4n) is 2.28. The van der Waals surface area contributed by atoms with Crippen LogP contribution in [-0.2, 0) is 9.47 Å². The van der Waals surface area contributed by atoms with Crippen LogP contribution >= 0.6 is 0 Å². The molecule has 0 radical (unpaired) electrons. The monoisotopic (exact) mass is 232 g/mol. The lowest BCUT2D eigenvalue weighted by Gasteiger charge is -2.38. The number of ether oxygens (including phenoxy) is 2. The summed E-state index contributed by atoms with van der Waals surface area (Å²) >= 11 is 0. The summed E-state index contributed by atoms with van der Waals surface area (Å²) in [6.45, 7) is 9.65. The molecule has 0 heterocycles. The summed E-state index contributed by atoms with van der Waals surface area (Å²) in [6.07, 6.45) is 0. The first kappa shape index (κ1) is 15.8. The normalized spacial score (nSPS) is 17.4. The second-order valence-electron chi connectivity index (χ2n) is 4.37. The van der Waals surface area contributed by atoms with E-state index >= 15 is 0 Å². The van der Waals surface area contributed by atoms with Gasteiger partial charge in [0, 0.05) is 32.8 Å². The summed E-state index contributed by atoms with van der Waals surface area (Å²) < 4.78 is 10.4. The van der Waals surface area contributed by atoms with Gasteiger partial charge < -0.3 is 15.2 Å². The standard InChI is InChI=1S/C12H28N2O2/c1-6-14(11(3)9-16-5)12(7-13)10(2)8-15-4/h10-12H,6-9,13H2,1-5H3. The molecule has 98 valence electrons. The van der Waals surface area contributed by atoms with Crippen molar-refractivity contribution in [2.45, 2.75) is 32.9 Å². The number of rotatable bonds is 9. The van der Waals surface area contributed by atoms with Gasteiger partial charge in [0.2, 0.25) is 0 Å². The van der Waals surface area contributed by atoms with Crippen LogP contribution in [0.2, 0.25) is 0 Å². The molecule has 0 saturated carbocycles. The Labute approximate surface area is 100 Å². The molecule has 2 N–H and O–H groups in total. The zero-order chi connectivity index (χ0) is 12.6. The van der Waals surface area contributed by atoms with Gasteiger partial charge in [-0.15, -0.1) is 0 Å².